The lowest BCUT2D eigenvalue weighted by molar-refractivity contribution is 0.00578. The molecular formula is C21H26BO3. The van der Waals surface area contributed by atoms with Crippen LogP contribution >= 0.6 is 0 Å². The van der Waals surface area contributed by atoms with Crippen molar-refractivity contribution in [2.24, 2.45) is 0 Å². The van der Waals surface area contributed by atoms with Crippen molar-refractivity contribution in [3.8, 4) is 11.5 Å². The molecule has 0 atom stereocenters. The van der Waals surface area contributed by atoms with E-state index in [1.54, 1.807) is 0 Å². The molecule has 1 heterocycles. The van der Waals surface area contributed by atoms with Crippen LogP contribution in [0, 0.1) is 6.42 Å². The van der Waals surface area contributed by atoms with Crippen LogP contribution < -0.4 is 10.2 Å². The van der Waals surface area contributed by atoms with Crippen molar-refractivity contribution in [1.29, 1.82) is 0 Å². The van der Waals surface area contributed by atoms with Gasteiger partial charge in [0, 0.05) is 0 Å². The molecule has 0 bridgehead atoms. The lowest BCUT2D eigenvalue weighted by Gasteiger charge is -2.32. The van der Waals surface area contributed by atoms with Crippen LogP contribution in [-0.4, -0.2) is 18.3 Å². The smallest absolute Gasteiger partial charge is 0.457 e. The molecule has 0 aromatic heterocycles. The zero-order valence-electron chi connectivity index (χ0n) is 15.7. The summed E-state index contributed by atoms with van der Waals surface area (Å²) >= 11 is 0. The second-order valence-corrected chi connectivity index (χ2v) is 7.44. The van der Waals surface area contributed by atoms with Crippen molar-refractivity contribution >= 4 is 12.6 Å². The molecule has 1 saturated heterocycles. The normalized spacial score (nSPS) is 18.4. The van der Waals surface area contributed by atoms with Gasteiger partial charge in [0.25, 0.3) is 0 Å². The zero-order chi connectivity index (χ0) is 18.1. The van der Waals surface area contributed by atoms with Gasteiger partial charge in [-0.1, -0.05) is 31.2 Å². The number of hydrogen-bond donors (Lipinski definition) is 0. The summed E-state index contributed by atoms with van der Waals surface area (Å²) in [6.45, 7) is 10.4. The Morgan fingerprint density at radius 3 is 2.16 bits per heavy atom. The Kier molecular flexibility index (Phi) is 4.94. The Hall–Kier alpha value is -1.78. The molecule has 4 heteroatoms. The summed E-state index contributed by atoms with van der Waals surface area (Å²) in [5.41, 5.74) is 1.51. The number of hydrogen-bond acceptors (Lipinski definition) is 3. The molecule has 131 valence electrons. The Bertz CT molecular complexity index is 706. The number of rotatable bonds is 5. The van der Waals surface area contributed by atoms with E-state index >= 15 is 0 Å². The standard InChI is InChI=1S/C21H26BO3/c1-6-8-16-9-7-10-19(15-16)23-18-13-11-17(12-14-18)22-24-20(2,3)21(4,5)25-22/h7-15H,6H2,1-5H3. The molecule has 1 aliphatic rings. The van der Waals surface area contributed by atoms with Crippen molar-refractivity contribution in [3.05, 3.63) is 60.5 Å². The molecule has 0 saturated carbocycles. The van der Waals surface area contributed by atoms with Crippen LogP contribution in [0.5, 0.6) is 11.5 Å². The highest BCUT2D eigenvalue weighted by molar-refractivity contribution is 6.62. The van der Waals surface area contributed by atoms with Crippen LogP contribution in [-0.2, 0) is 9.31 Å². The van der Waals surface area contributed by atoms with E-state index < -0.39 is 0 Å². The highest BCUT2D eigenvalue weighted by Crippen LogP contribution is 2.36. The quantitative estimate of drug-likeness (QED) is 0.738. The molecule has 0 N–H and O–H groups in total. The van der Waals surface area contributed by atoms with E-state index in [-0.39, 0.29) is 18.3 Å². The van der Waals surface area contributed by atoms with Gasteiger partial charge in [0.1, 0.15) is 11.5 Å². The molecule has 2 aromatic carbocycles. The van der Waals surface area contributed by atoms with Gasteiger partial charge in [0.05, 0.1) is 11.2 Å². The van der Waals surface area contributed by atoms with E-state index in [0.717, 1.165) is 23.4 Å². The summed E-state index contributed by atoms with van der Waals surface area (Å²) in [5.74, 6) is 1.64. The van der Waals surface area contributed by atoms with E-state index in [4.69, 9.17) is 14.0 Å². The summed E-state index contributed by atoms with van der Waals surface area (Å²) in [6, 6.07) is 16.0. The summed E-state index contributed by atoms with van der Waals surface area (Å²) in [4.78, 5) is 0. The Morgan fingerprint density at radius 1 is 0.920 bits per heavy atom. The van der Waals surface area contributed by atoms with Gasteiger partial charge in [-0.25, -0.2) is 0 Å². The first-order valence-electron chi connectivity index (χ1n) is 8.87. The fourth-order valence-corrected chi connectivity index (χ4v) is 2.75. The average Bonchev–Trinajstić information content (AvgIpc) is 2.77. The van der Waals surface area contributed by atoms with Gasteiger partial charge in [-0.3, -0.25) is 0 Å². The third-order valence-corrected chi connectivity index (χ3v) is 4.94. The van der Waals surface area contributed by atoms with Crippen molar-refractivity contribution in [2.75, 3.05) is 0 Å². The Morgan fingerprint density at radius 2 is 1.56 bits per heavy atom. The predicted octanol–water partition coefficient (Wildman–Crippen LogP) is 4.74. The van der Waals surface area contributed by atoms with Crippen molar-refractivity contribution in [3.63, 3.8) is 0 Å². The van der Waals surface area contributed by atoms with Crippen LogP contribution in [0.4, 0.5) is 0 Å². The van der Waals surface area contributed by atoms with E-state index in [9.17, 15) is 0 Å². The maximum Gasteiger partial charge on any atom is 0.494 e. The van der Waals surface area contributed by atoms with Crippen LogP contribution in [0.1, 0.15) is 46.6 Å². The highest BCUT2D eigenvalue weighted by Gasteiger charge is 2.51. The zero-order valence-corrected chi connectivity index (χ0v) is 15.7. The molecule has 0 amide bonds. The van der Waals surface area contributed by atoms with Crippen molar-refractivity contribution in [2.45, 2.75) is 52.2 Å². The summed E-state index contributed by atoms with van der Waals surface area (Å²) in [5, 5.41) is 0. The topological polar surface area (TPSA) is 27.7 Å². The summed E-state index contributed by atoms with van der Waals surface area (Å²) in [6.07, 6.45) is 3.18. The van der Waals surface area contributed by atoms with Gasteiger partial charge in [-0.15, -0.1) is 0 Å². The van der Waals surface area contributed by atoms with Gasteiger partial charge >= 0.3 is 7.12 Å². The third-order valence-electron chi connectivity index (χ3n) is 4.94. The molecule has 0 unspecified atom stereocenters. The van der Waals surface area contributed by atoms with Gasteiger partial charge in [-0.2, -0.15) is 0 Å². The molecule has 1 fully saturated rings. The highest BCUT2D eigenvalue weighted by atomic mass is 16.7. The molecule has 1 aliphatic heterocycles. The molecule has 3 rings (SSSR count). The third kappa shape index (κ3) is 3.91. The van der Waals surface area contributed by atoms with Crippen molar-refractivity contribution in [1.82, 2.24) is 0 Å². The summed E-state index contributed by atoms with van der Waals surface area (Å²) < 4.78 is 18.1. The molecule has 2 aromatic rings. The molecular weight excluding hydrogens is 311 g/mol. The fourth-order valence-electron chi connectivity index (χ4n) is 2.75. The second kappa shape index (κ2) is 6.85. The van der Waals surface area contributed by atoms with Crippen LogP contribution in [0.15, 0.2) is 48.5 Å². The molecule has 0 aliphatic carbocycles. The van der Waals surface area contributed by atoms with Crippen LogP contribution in [0.2, 0.25) is 0 Å². The maximum absolute atomic E-state index is 6.08. The minimum absolute atomic E-state index is 0.330. The first-order chi connectivity index (χ1) is 11.8. The minimum atomic E-state index is -0.346. The van der Waals surface area contributed by atoms with Gasteiger partial charge in [0.2, 0.25) is 0 Å². The molecule has 1 radical (unpaired) electrons. The fraction of sp³-hybridized carbons (Fsp3) is 0.381. The molecule has 25 heavy (non-hydrogen) atoms. The lowest BCUT2D eigenvalue weighted by Crippen LogP contribution is -2.41. The van der Waals surface area contributed by atoms with E-state index in [1.807, 2.05) is 42.5 Å². The number of benzene rings is 2. The number of ether oxygens (including phenoxy) is 1. The van der Waals surface area contributed by atoms with Gasteiger partial charge in [-0.05, 0) is 75.8 Å². The maximum atomic E-state index is 6.08. The summed E-state index contributed by atoms with van der Waals surface area (Å²) in [7, 11) is -0.346. The van der Waals surface area contributed by atoms with Gasteiger partial charge in [0.15, 0.2) is 0 Å². The van der Waals surface area contributed by atoms with E-state index in [2.05, 4.69) is 47.1 Å². The Balaban J connectivity index is 1.70. The van der Waals surface area contributed by atoms with E-state index in [1.165, 1.54) is 5.56 Å². The monoisotopic (exact) mass is 337 g/mol. The van der Waals surface area contributed by atoms with Gasteiger partial charge < -0.3 is 14.0 Å². The predicted molar refractivity (Wildman–Crippen MR) is 102 cm³/mol. The first kappa shape index (κ1) is 18.0. The minimum Gasteiger partial charge on any atom is -0.457 e. The average molecular weight is 337 g/mol. The largest absolute Gasteiger partial charge is 0.494 e. The lowest BCUT2D eigenvalue weighted by atomic mass is 9.79. The molecule has 0 spiro atoms. The first-order valence-corrected chi connectivity index (χ1v) is 8.87. The molecule has 3 nitrogen and oxygen atoms in total. The van der Waals surface area contributed by atoms with Crippen LogP contribution in [0.3, 0.4) is 0 Å². The Labute approximate surface area is 151 Å². The second-order valence-electron chi connectivity index (χ2n) is 7.44. The van der Waals surface area contributed by atoms with E-state index in [0.29, 0.717) is 0 Å². The SMILES string of the molecule is CC[CH]c1cccc(Oc2ccc(B3OC(C)(C)C(C)(C)O3)cc2)c1. The van der Waals surface area contributed by atoms with Crippen molar-refractivity contribution < 1.29 is 14.0 Å². The van der Waals surface area contributed by atoms with Crippen LogP contribution in [0.25, 0.3) is 0 Å².